The van der Waals surface area contributed by atoms with E-state index in [2.05, 4.69) is 26.1 Å². The molecule has 0 saturated heterocycles. The Kier molecular flexibility index (Phi) is 7.87. The van der Waals surface area contributed by atoms with Gasteiger partial charge in [0.25, 0.3) is 0 Å². The van der Waals surface area contributed by atoms with Gasteiger partial charge >= 0.3 is 0 Å². The maximum Gasteiger partial charge on any atom is 0.0518 e. The van der Waals surface area contributed by atoms with Gasteiger partial charge in [-0.2, -0.15) is 0 Å². The van der Waals surface area contributed by atoms with Crippen LogP contribution < -0.4 is 5.32 Å². The van der Waals surface area contributed by atoms with Crippen molar-refractivity contribution in [2.75, 3.05) is 13.2 Å². The molecule has 1 N–H and O–H groups in total. The molecule has 102 valence electrons. The molecule has 0 radical (unpaired) electrons. The Morgan fingerprint density at radius 1 is 1.18 bits per heavy atom. The molecule has 1 saturated carbocycles. The van der Waals surface area contributed by atoms with E-state index in [1.165, 1.54) is 51.5 Å². The summed E-state index contributed by atoms with van der Waals surface area (Å²) in [5.41, 5.74) is 0. The third kappa shape index (κ3) is 6.42. The molecule has 2 heteroatoms. The van der Waals surface area contributed by atoms with E-state index >= 15 is 0 Å². The largest absolute Gasteiger partial charge is 0.379 e. The van der Waals surface area contributed by atoms with Crippen LogP contribution >= 0.6 is 0 Å². The van der Waals surface area contributed by atoms with Crippen LogP contribution in [0.5, 0.6) is 0 Å². The molecular weight excluding hydrogens is 210 g/mol. The number of rotatable bonds is 7. The van der Waals surface area contributed by atoms with Crippen LogP contribution in [0.1, 0.15) is 65.7 Å². The summed E-state index contributed by atoms with van der Waals surface area (Å²) in [6.45, 7) is 8.61. The molecule has 0 aromatic heterocycles. The Morgan fingerprint density at radius 3 is 2.65 bits per heavy atom. The normalized spacial score (nSPS) is 26.1. The van der Waals surface area contributed by atoms with Gasteiger partial charge in [0.05, 0.1) is 6.10 Å². The first-order valence-electron chi connectivity index (χ1n) is 7.59. The summed E-state index contributed by atoms with van der Waals surface area (Å²) in [4.78, 5) is 0. The molecule has 17 heavy (non-hydrogen) atoms. The summed E-state index contributed by atoms with van der Waals surface area (Å²) in [5, 5.41) is 3.74. The molecule has 2 unspecified atom stereocenters. The van der Waals surface area contributed by atoms with E-state index in [1.54, 1.807) is 0 Å². The molecule has 0 amide bonds. The van der Waals surface area contributed by atoms with E-state index in [0.29, 0.717) is 6.10 Å². The van der Waals surface area contributed by atoms with E-state index < -0.39 is 0 Å². The molecular formula is C15H31NO. The lowest BCUT2D eigenvalue weighted by Gasteiger charge is -2.26. The molecule has 1 aliphatic rings. The lowest BCUT2D eigenvalue weighted by molar-refractivity contribution is 0.0637. The molecule has 1 rings (SSSR count). The highest BCUT2D eigenvalue weighted by atomic mass is 16.5. The van der Waals surface area contributed by atoms with Gasteiger partial charge in [-0.1, -0.05) is 26.2 Å². The lowest BCUT2D eigenvalue weighted by atomic mass is 9.91. The quantitative estimate of drug-likeness (QED) is 0.685. The lowest BCUT2D eigenvalue weighted by Crippen LogP contribution is -2.36. The topological polar surface area (TPSA) is 21.3 Å². The predicted molar refractivity (Wildman–Crippen MR) is 74.4 cm³/mol. The molecule has 1 fully saturated rings. The van der Waals surface area contributed by atoms with Crippen LogP contribution in [-0.4, -0.2) is 25.3 Å². The predicted octanol–water partition coefficient (Wildman–Crippen LogP) is 3.75. The van der Waals surface area contributed by atoms with E-state index in [0.717, 1.165) is 18.6 Å². The first kappa shape index (κ1) is 15.0. The Labute approximate surface area is 108 Å². The Balaban J connectivity index is 2.32. The van der Waals surface area contributed by atoms with Crippen molar-refractivity contribution in [1.29, 1.82) is 0 Å². The molecule has 0 aromatic rings. The minimum Gasteiger partial charge on any atom is -0.379 e. The fourth-order valence-electron chi connectivity index (χ4n) is 2.78. The van der Waals surface area contributed by atoms with Gasteiger partial charge < -0.3 is 10.1 Å². The average Bonchev–Trinajstić information content (AvgIpc) is 2.51. The molecule has 2 nitrogen and oxygen atoms in total. The van der Waals surface area contributed by atoms with E-state index in [4.69, 9.17) is 4.74 Å². The van der Waals surface area contributed by atoms with Crippen molar-refractivity contribution >= 4 is 0 Å². The van der Waals surface area contributed by atoms with Gasteiger partial charge in [0.1, 0.15) is 0 Å². The molecule has 0 aliphatic heterocycles. The summed E-state index contributed by atoms with van der Waals surface area (Å²) < 4.78 is 5.71. The Bertz CT molecular complexity index is 182. The zero-order valence-corrected chi connectivity index (χ0v) is 12.0. The summed E-state index contributed by atoms with van der Waals surface area (Å²) in [6.07, 6.45) is 9.86. The first-order chi connectivity index (χ1) is 8.24. The van der Waals surface area contributed by atoms with Crippen LogP contribution in [0.25, 0.3) is 0 Å². The smallest absolute Gasteiger partial charge is 0.0518 e. The van der Waals surface area contributed by atoms with Gasteiger partial charge in [-0.15, -0.1) is 0 Å². The fourth-order valence-corrected chi connectivity index (χ4v) is 2.78. The van der Waals surface area contributed by atoms with Gasteiger partial charge in [-0.05, 0) is 52.0 Å². The maximum absolute atomic E-state index is 5.71. The van der Waals surface area contributed by atoms with Crippen molar-refractivity contribution in [3.63, 3.8) is 0 Å². The Morgan fingerprint density at radius 2 is 1.94 bits per heavy atom. The molecule has 1 aliphatic carbocycles. The van der Waals surface area contributed by atoms with Gasteiger partial charge in [-0.3, -0.25) is 0 Å². The first-order valence-corrected chi connectivity index (χ1v) is 7.59. The monoisotopic (exact) mass is 241 g/mol. The van der Waals surface area contributed by atoms with Crippen molar-refractivity contribution in [2.45, 2.75) is 77.9 Å². The molecule has 0 bridgehead atoms. The third-order valence-electron chi connectivity index (χ3n) is 3.76. The van der Waals surface area contributed by atoms with E-state index in [9.17, 15) is 0 Å². The number of hydrogen-bond donors (Lipinski definition) is 1. The van der Waals surface area contributed by atoms with Crippen LogP contribution in [-0.2, 0) is 4.74 Å². The van der Waals surface area contributed by atoms with Crippen molar-refractivity contribution in [1.82, 2.24) is 5.32 Å². The summed E-state index contributed by atoms with van der Waals surface area (Å²) in [6, 6.07) is 0.744. The van der Waals surface area contributed by atoms with Crippen LogP contribution in [0, 0.1) is 5.92 Å². The highest BCUT2D eigenvalue weighted by Gasteiger charge is 2.22. The highest BCUT2D eigenvalue weighted by molar-refractivity contribution is 4.79. The third-order valence-corrected chi connectivity index (χ3v) is 3.76. The van der Waals surface area contributed by atoms with Gasteiger partial charge in [0, 0.05) is 12.6 Å². The second-order valence-electron chi connectivity index (χ2n) is 5.67. The van der Waals surface area contributed by atoms with Crippen LogP contribution in [0.2, 0.25) is 0 Å². The maximum atomic E-state index is 5.71. The Hall–Kier alpha value is -0.0800. The van der Waals surface area contributed by atoms with Crippen molar-refractivity contribution in [3.8, 4) is 0 Å². The molecule has 0 aromatic carbocycles. The zero-order chi connectivity index (χ0) is 12.5. The van der Waals surface area contributed by atoms with Crippen LogP contribution in [0.15, 0.2) is 0 Å². The number of ether oxygens (including phenoxy) is 1. The van der Waals surface area contributed by atoms with Crippen molar-refractivity contribution in [2.24, 2.45) is 5.92 Å². The molecule has 0 spiro atoms. The fraction of sp³-hybridized carbons (Fsp3) is 1.00. The average molecular weight is 241 g/mol. The minimum atomic E-state index is 0.378. The SMILES string of the molecule is CCCNC1CCCCCC1CCOC(C)C. The second-order valence-corrected chi connectivity index (χ2v) is 5.67. The number of nitrogens with one attached hydrogen (secondary N) is 1. The van der Waals surface area contributed by atoms with Crippen LogP contribution in [0.3, 0.4) is 0 Å². The van der Waals surface area contributed by atoms with Crippen molar-refractivity contribution < 1.29 is 4.74 Å². The summed E-state index contributed by atoms with van der Waals surface area (Å²) >= 11 is 0. The van der Waals surface area contributed by atoms with E-state index in [1.807, 2.05) is 0 Å². The molecule has 2 atom stereocenters. The highest BCUT2D eigenvalue weighted by Crippen LogP contribution is 2.26. The second kappa shape index (κ2) is 8.93. The van der Waals surface area contributed by atoms with Crippen molar-refractivity contribution in [3.05, 3.63) is 0 Å². The number of hydrogen-bond acceptors (Lipinski definition) is 2. The van der Waals surface area contributed by atoms with E-state index in [-0.39, 0.29) is 0 Å². The standard InChI is InChI=1S/C15H31NO/c1-4-11-16-15-9-7-5-6-8-14(15)10-12-17-13(2)3/h13-16H,4-12H2,1-3H3. The summed E-state index contributed by atoms with van der Waals surface area (Å²) in [5.74, 6) is 0.836. The van der Waals surface area contributed by atoms with Crippen LogP contribution in [0.4, 0.5) is 0 Å². The van der Waals surface area contributed by atoms with Gasteiger partial charge in [-0.25, -0.2) is 0 Å². The van der Waals surface area contributed by atoms with Gasteiger partial charge in [0.15, 0.2) is 0 Å². The molecule has 0 heterocycles. The minimum absolute atomic E-state index is 0.378. The van der Waals surface area contributed by atoms with Gasteiger partial charge in [0.2, 0.25) is 0 Å². The zero-order valence-electron chi connectivity index (χ0n) is 12.0. The summed E-state index contributed by atoms with van der Waals surface area (Å²) in [7, 11) is 0.